The molecule has 4 heteroatoms. The number of benzene rings is 1. The van der Waals surface area contributed by atoms with E-state index in [2.05, 4.69) is 9.97 Å². The molecule has 2 rings (SSSR count). The number of aryl methyl sites for hydroxylation is 1. The molecule has 0 saturated carbocycles. The van der Waals surface area contributed by atoms with Gasteiger partial charge >= 0.3 is 0 Å². The molecule has 0 amide bonds. The van der Waals surface area contributed by atoms with Crippen LogP contribution in [0.5, 0.6) is 5.75 Å². The Kier molecular flexibility index (Phi) is 3.77. The number of rotatable bonds is 4. The first-order valence-electron chi connectivity index (χ1n) is 6.06. The molecule has 2 aromatic rings. The number of H-pyrrole nitrogens is 1. The average molecular weight is 244 g/mol. The van der Waals surface area contributed by atoms with Gasteiger partial charge in [-0.25, -0.2) is 4.98 Å². The molecule has 0 saturated heterocycles. The van der Waals surface area contributed by atoms with Gasteiger partial charge in [0.25, 0.3) is 5.56 Å². The van der Waals surface area contributed by atoms with Gasteiger partial charge in [-0.1, -0.05) is 6.92 Å². The fraction of sp³-hybridized carbons (Fsp3) is 0.286. The maximum atomic E-state index is 11.5. The fourth-order valence-corrected chi connectivity index (χ4v) is 1.71. The minimum atomic E-state index is -0.120. The number of ether oxygens (including phenoxy) is 1. The van der Waals surface area contributed by atoms with E-state index in [1.54, 1.807) is 0 Å². The van der Waals surface area contributed by atoms with Crippen LogP contribution in [-0.4, -0.2) is 16.6 Å². The summed E-state index contributed by atoms with van der Waals surface area (Å²) in [6.45, 7) is 4.54. The second-order valence-corrected chi connectivity index (χ2v) is 3.89. The van der Waals surface area contributed by atoms with Crippen molar-refractivity contribution in [1.29, 1.82) is 0 Å². The van der Waals surface area contributed by atoms with Crippen molar-refractivity contribution in [3.05, 3.63) is 46.5 Å². The highest BCUT2D eigenvalue weighted by Gasteiger charge is 2.03. The largest absolute Gasteiger partial charge is 0.494 e. The van der Waals surface area contributed by atoms with Gasteiger partial charge in [0, 0.05) is 18.1 Å². The summed E-state index contributed by atoms with van der Waals surface area (Å²) in [6.07, 6.45) is 0.708. The summed E-state index contributed by atoms with van der Waals surface area (Å²) < 4.78 is 5.38. The van der Waals surface area contributed by atoms with Crippen LogP contribution in [0.2, 0.25) is 0 Å². The van der Waals surface area contributed by atoms with Gasteiger partial charge in [-0.15, -0.1) is 0 Å². The topological polar surface area (TPSA) is 55.0 Å². The standard InChI is InChI=1S/C14H16N2O2/c1-3-13-15-12(9-14(17)16-13)10-5-7-11(8-6-10)18-4-2/h5-9H,3-4H2,1-2H3,(H,15,16,17). The van der Waals surface area contributed by atoms with Gasteiger partial charge < -0.3 is 9.72 Å². The van der Waals surface area contributed by atoms with Gasteiger partial charge in [0.1, 0.15) is 11.6 Å². The van der Waals surface area contributed by atoms with Crippen LogP contribution in [0.25, 0.3) is 11.3 Å². The predicted molar refractivity (Wildman–Crippen MR) is 70.8 cm³/mol. The van der Waals surface area contributed by atoms with Crippen LogP contribution < -0.4 is 10.3 Å². The summed E-state index contributed by atoms with van der Waals surface area (Å²) in [6, 6.07) is 9.09. The van der Waals surface area contributed by atoms with Crippen LogP contribution in [0.1, 0.15) is 19.7 Å². The van der Waals surface area contributed by atoms with E-state index < -0.39 is 0 Å². The van der Waals surface area contributed by atoms with Crippen molar-refractivity contribution in [1.82, 2.24) is 9.97 Å². The molecule has 0 atom stereocenters. The van der Waals surface area contributed by atoms with Crippen molar-refractivity contribution in [2.75, 3.05) is 6.61 Å². The second-order valence-electron chi connectivity index (χ2n) is 3.89. The average Bonchev–Trinajstić information content (AvgIpc) is 2.39. The summed E-state index contributed by atoms with van der Waals surface area (Å²) in [5, 5.41) is 0. The monoisotopic (exact) mass is 244 g/mol. The molecule has 0 aliphatic carbocycles. The summed E-state index contributed by atoms with van der Waals surface area (Å²) in [5.74, 6) is 1.52. The molecule has 0 aliphatic heterocycles. The van der Waals surface area contributed by atoms with E-state index in [1.165, 1.54) is 6.07 Å². The molecule has 1 heterocycles. The third-order valence-electron chi connectivity index (χ3n) is 2.59. The molecule has 0 radical (unpaired) electrons. The Bertz CT molecular complexity index is 573. The molecule has 1 N–H and O–H groups in total. The summed E-state index contributed by atoms with van der Waals surface area (Å²) in [5.41, 5.74) is 1.49. The van der Waals surface area contributed by atoms with Crippen LogP contribution in [0.15, 0.2) is 35.1 Å². The summed E-state index contributed by atoms with van der Waals surface area (Å²) >= 11 is 0. The maximum absolute atomic E-state index is 11.5. The van der Waals surface area contributed by atoms with E-state index in [-0.39, 0.29) is 5.56 Å². The number of aromatic nitrogens is 2. The Morgan fingerprint density at radius 3 is 2.56 bits per heavy atom. The van der Waals surface area contributed by atoms with Gasteiger partial charge in [0.2, 0.25) is 0 Å². The minimum absolute atomic E-state index is 0.120. The van der Waals surface area contributed by atoms with Crippen LogP contribution in [0, 0.1) is 0 Å². The molecule has 4 nitrogen and oxygen atoms in total. The highest BCUT2D eigenvalue weighted by Crippen LogP contribution is 2.19. The second kappa shape index (κ2) is 5.49. The van der Waals surface area contributed by atoms with Crippen LogP contribution >= 0.6 is 0 Å². The molecule has 0 aliphatic rings. The van der Waals surface area contributed by atoms with Gasteiger partial charge in [0.05, 0.1) is 12.3 Å². The Labute approximate surface area is 106 Å². The van der Waals surface area contributed by atoms with Crippen LogP contribution in [0.4, 0.5) is 0 Å². The van der Waals surface area contributed by atoms with Crippen molar-refractivity contribution in [2.45, 2.75) is 20.3 Å². The molecule has 0 bridgehead atoms. The normalized spacial score (nSPS) is 10.3. The lowest BCUT2D eigenvalue weighted by molar-refractivity contribution is 0.340. The van der Waals surface area contributed by atoms with Crippen molar-refractivity contribution in [3.8, 4) is 17.0 Å². The van der Waals surface area contributed by atoms with E-state index in [4.69, 9.17) is 4.74 Å². The van der Waals surface area contributed by atoms with E-state index in [1.807, 2.05) is 38.1 Å². The van der Waals surface area contributed by atoms with Gasteiger partial charge in [-0.2, -0.15) is 0 Å². The number of hydrogen-bond donors (Lipinski definition) is 1. The number of nitrogens with one attached hydrogen (secondary N) is 1. The molecular formula is C14H16N2O2. The highest BCUT2D eigenvalue weighted by molar-refractivity contribution is 5.59. The van der Waals surface area contributed by atoms with Gasteiger partial charge in [0.15, 0.2) is 0 Å². The first-order valence-corrected chi connectivity index (χ1v) is 6.06. The van der Waals surface area contributed by atoms with Crippen molar-refractivity contribution >= 4 is 0 Å². The smallest absolute Gasteiger partial charge is 0.251 e. The minimum Gasteiger partial charge on any atom is -0.494 e. The maximum Gasteiger partial charge on any atom is 0.251 e. The number of aromatic amines is 1. The third kappa shape index (κ3) is 2.77. The van der Waals surface area contributed by atoms with E-state index in [0.717, 1.165) is 11.3 Å². The molecular weight excluding hydrogens is 228 g/mol. The quantitative estimate of drug-likeness (QED) is 0.898. The van der Waals surface area contributed by atoms with Crippen LogP contribution in [0.3, 0.4) is 0 Å². The zero-order chi connectivity index (χ0) is 13.0. The van der Waals surface area contributed by atoms with Gasteiger partial charge in [-0.3, -0.25) is 4.79 Å². The Morgan fingerprint density at radius 1 is 1.22 bits per heavy atom. The lowest BCUT2D eigenvalue weighted by atomic mass is 10.1. The molecule has 18 heavy (non-hydrogen) atoms. The van der Waals surface area contributed by atoms with E-state index in [9.17, 15) is 4.79 Å². The summed E-state index contributed by atoms with van der Waals surface area (Å²) in [4.78, 5) is 18.6. The number of nitrogens with zero attached hydrogens (tertiary/aromatic N) is 1. The molecule has 1 aromatic heterocycles. The lowest BCUT2D eigenvalue weighted by Gasteiger charge is -2.05. The molecule has 0 fully saturated rings. The Morgan fingerprint density at radius 2 is 1.94 bits per heavy atom. The first-order chi connectivity index (χ1) is 8.72. The lowest BCUT2D eigenvalue weighted by Crippen LogP contribution is -2.10. The number of hydrogen-bond acceptors (Lipinski definition) is 3. The molecule has 0 unspecified atom stereocenters. The molecule has 94 valence electrons. The van der Waals surface area contributed by atoms with E-state index >= 15 is 0 Å². The van der Waals surface area contributed by atoms with Crippen molar-refractivity contribution in [3.63, 3.8) is 0 Å². The molecule has 1 aromatic carbocycles. The SMILES string of the molecule is CCOc1ccc(-c2cc(=O)[nH]c(CC)n2)cc1. The summed E-state index contributed by atoms with van der Waals surface area (Å²) in [7, 11) is 0. The zero-order valence-electron chi connectivity index (χ0n) is 10.6. The Balaban J connectivity index is 2.36. The van der Waals surface area contributed by atoms with Crippen LogP contribution in [-0.2, 0) is 6.42 Å². The van der Waals surface area contributed by atoms with Crippen molar-refractivity contribution in [2.24, 2.45) is 0 Å². The molecule has 0 spiro atoms. The van der Waals surface area contributed by atoms with Gasteiger partial charge in [-0.05, 0) is 31.2 Å². The van der Waals surface area contributed by atoms with Crippen molar-refractivity contribution < 1.29 is 4.74 Å². The Hall–Kier alpha value is -2.10. The zero-order valence-corrected chi connectivity index (χ0v) is 10.6. The third-order valence-corrected chi connectivity index (χ3v) is 2.59. The predicted octanol–water partition coefficient (Wildman–Crippen LogP) is 2.40. The van der Waals surface area contributed by atoms with E-state index in [0.29, 0.717) is 24.5 Å². The first kappa shape index (κ1) is 12.4. The highest BCUT2D eigenvalue weighted by atomic mass is 16.5. The fourth-order valence-electron chi connectivity index (χ4n) is 1.71.